The standard InChI is InChI=1S/C7H5N2O3P/c8-4-7(12-13(10)11)6-2-1-3-9-5-6/h1-3,5,7H. The van der Waals surface area contributed by atoms with E-state index in [-0.39, 0.29) is 0 Å². The lowest BCUT2D eigenvalue weighted by Gasteiger charge is -2.01. The van der Waals surface area contributed by atoms with Gasteiger partial charge in [0.15, 0.2) is 0 Å². The van der Waals surface area contributed by atoms with Crippen LogP contribution in [0.15, 0.2) is 24.5 Å². The molecular formula is C7H5N2O3P. The second-order valence-corrected chi connectivity index (χ2v) is 2.78. The molecule has 0 N–H and O–H groups in total. The number of hydrogen-bond acceptors (Lipinski definition) is 5. The Morgan fingerprint density at radius 1 is 1.77 bits per heavy atom. The monoisotopic (exact) mass is 196 g/mol. The molecule has 2 unspecified atom stereocenters. The van der Waals surface area contributed by atoms with E-state index in [0.717, 1.165) is 0 Å². The van der Waals surface area contributed by atoms with Gasteiger partial charge in [0.25, 0.3) is 0 Å². The third kappa shape index (κ3) is 2.88. The van der Waals surface area contributed by atoms with Crippen LogP contribution in [0.3, 0.4) is 0 Å². The van der Waals surface area contributed by atoms with E-state index in [1.165, 1.54) is 12.4 Å². The summed E-state index contributed by atoms with van der Waals surface area (Å²) in [6, 6.07) is 4.87. The van der Waals surface area contributed by atoms with E-state index in [9.17, 15) is 9.46 Å². The summed E-state index contributed by atoms with van der Waals surface area (Å²) in [5.41, 5.74) is 0.421. The highest BCUT2D eigenvalue weighted by molar-refractivity contribution is 7.30. The van der Waals surface area contributed by atoms with Crippen molar-refractivity contribution in [3.8, 4) is 6.07 Å². The van der Waals surface area contributed by atoms with Gasteiger partial charge in [0, 0.05) is 18.0 Å². The van der Waals surface area contributed by atoms with Gasteiger partial charge in [0.2, 0.25) is 6.10 Å². The second-order valence-electron chi connectivity index (χ2n) is 2.12. The number of aromatic nitrogens is 1. The highest BCUT2D eigenvalue weighted by atomic mass is 31.1. The molecular weight excluding hydrogens is 191 g/mol. The summed E-state index contributed by atoms with van der Waals surface area (Å²) >= 11 is 0. The van der Waals surface area contributed by atoms with E-state index in [1.54, 1.807) is 18.2 Å². The second kappa shape index (κ2) is 4.63. The lowest BCUT2D eigenvalue weighted by atomic mass is 10.2. The van der Waals surface area contributed by atoms with Crippen LogP contribution in [0.5, 0.6) is 0 Å². The minimum Gasteiger partial charge on any atom is -0.566 e. The van der Waals surface area contributed by atoms with E-state index in [2.05, 4.69) is 9.51 Å². The van der Waals surface area contributed by atoms with E-state index >= 15 is 0 Å². The van der Waals surface area contributed by atoms with Gasteiger partial charge in [-0.3, -0.25) is 4.98 Å². The summed E-state index contributed by atoms with van der Waals surface area (Å²) in [6.45, 7) is 0. The van der Waals surface area contributed by atoms with Crippen molar-refractivity contribution >= 4 is 8.25 Å². The molecule has 0 bridgehead atoms. The van der Waals surface area contributed by atoms with Crippen molar-refractivity contribution in [2.75, 3.05) is 0 Å². The molecule has 1 heterocycles. The van der Waals surface area contributed by atoms with Gasteiger partial charge in [-0.05, 0) is 10.6 Å². The highest BCUT2D eigenvalue weighted by Crippen LogP contribution is 2.24. The summed E-state index contributed by atoms with van der Waals surface area (Å²) in [4.78, 5) is 13.9. The van der Waals surface area contributed by atoms with E-state index in [4.69, 9.17) is 5.26 Å². The fourth-order valence-corrected chi connectivity index (χ4v) is 1.12. The van der Waals surface area contributed by atoms with Crippen molar-refractivity contribution in [2.24, 2.45) is 0 Å². The predicted molar refractivity (Wildman–Crippen MR) is 41.3 cm³/mol. The Hall–Kier alpha value is -1.34. The quantitative estimate of drug-likeness (QED) is 0.663. The maximum Gasteiger partial charge on any atom is 0.490 e. The highest BCUT2D eigenvalue weighted by Gasteiger charge is 2.18. The molecule has 13 heavy (non-hydrogen) atoms. The topological polar surface area (TPSA) is 86.0 Å². The Morgan fingerprint density at radius 2 is 2.54 bits per heavy atom. The van der Waals surface area contributed by atoms with Crippen molar-refractivity contribution in [3.05, 3.63) is 30.1 Å². The Labute approximate surface area is 75.6 Å². The predicted octanol–water partition coefficient (Wildman–Crippen LogP) is 0.681. The number of nitrogens with zero attached hydrogens (tertiary/aromatic N) is 2. The third-order valence-corrected chi connectivity index (χ3v) is 1.68. The van der Waals surface area contributed by atoms with Crippen LogP contribution in [0.25, 0.3) is 0 Å². The zero-order valence-corrected chi connectivity index (χ0v) is 7.35. The SMILES string of the molecule is N#CC(O[P+](=O)[O-])c1cccnc1. The lowest BCUT2D eigenvalue weighted by Crippen LogP contribution is -2.00. The summed E-state index contributed by atoms with van der Waals surface area (Å²) in [5.74, 6) is 0. The minimum atomic E-state index is -3.02. The molecule has 0 aliphatic carbocycles. The van der Waals surface area contributed by atoms with Gasteiger partial charge in [0.1, 0.15) is 6.07 Å². The Balaban J connectivity index is 2.80. The minimum absolute atomic E-state index is 0.421. The first-order valence-electron chi connectivity index (χ1n) is 3.34. The molecule has 1 aromatic rings. The molecule has 0 aliphatic heterocycles. The fraction of sp³-hybridized carbons (Fsp3) is 0.143. The first-order valence-corrected chi connectivity index (χ1v) is 4.44. The van der Waals surface area contributed by atoms with Crippen LogP contribution >= 0.6 is 8.25 Å². The lowest BCUT2D eigenvalue weighted by molar-refractivity contribution is -0.187. The molecule has 1 rings (SSSR count). The van der Waals surface area contributed by atoms with E-state index in [0.29, 0.717) is 5.56 Å². The first-order chi connectivity index (χ1) is 6.24. The number of rotatable bonds is 3. The molecule has 0 saturated heterocycles. The van der Waals surface area contributed by atoms with Crippen LogP contribution in [0.1, 0.15) is 11.7 Å². The normalized spacial score (nSPS) is 13.1. The summed E-state index contributed by atoms with van der Waals surface area (Å²) in [5, 5.41) is 8.56. The Kier molecular flexibility index (Phi) is 3.47. The van der Waals surface area contributed by atoms with Crippen LogP contribution in [-0.4, -0.2) is 4.98 Å². The smallest absolute Gasteiger partial charge is 0.490 e. The van der Waals surface area contributed by atoms with Gasteiger partial charge in [-0.25, -0.2) is 0 Å². The maximum atomic E-state index is 10.2. The summed E-state index contributed by atoms with van der Waals surface area (Å²) in [6.07, 6.45) is 1.80. The van der Waals surface area contributed by atoms with Gasteiger partial charge in [-0.1, -0.05) is 6.07 Å². The molecule has 0 radical (unpaired) electrons. The molecule has 0 amide bonds. The number of hydrogen-bond donors (Lipinski definition) is 0. The molecule has 0 aromatic carbocycles. The molecule has 66 valence electrons. The third-order valence-electron chi connectivity index (χ3n) is 1.30. The zero-order chi connectivity index (χ0) is 9.68. The molecule has 5 nitrogen and oxygen atoms in total. The summed E-state index contributed by atoms with van der Waals surface area (Å²) < 4.78 is 14.5. The van der Waals surface area contributed by atoms with Crippen molar-refractivity contribution in [2.45, 2.75) is 6.10 Å². The molecule has 0 fully saturated rings. The van der Waals surface area contributed by atoms with Gasteiger partial charge >= 0.3 is 8.25 Å². The van der Waals surface area contributed by atoms with Crippen molar-refractivity contribution < 1.29 is 14.0 Å². The Bertz CT molecular complexity index is 335. The maximum absolute atomic E-state index is 10.2. The van der Waals surface area contributed by atoms with Crippen LogP contribution in [0.4, 0.5) is 0 Å². The van der Waals surface area contributed by atoms with Gasteiger partial charge in [-0.15, -0.1) is 4.52 Å². The van der Waals surface area contributed by atoms with Crippen LogP contribution in [0.2, 0.25) is 0 Å². The van der Waals surface area contributed by atoms with Gasteiger partial charge in [-0.2, -0.15) is 5.26 Å². The average Bonchev–Trinajstić information content (AvgIpc) is 2.15. The van der Waals surface area contributed by atoms with Crippen molar-refractivity contribution in [3.63, 3.8) is 0 Å². The Morgan fingerprint density at radius 3 is 3.00 bits per heavy atom. The molecule has 2 atom stereocenters. The molecule has 6 heteroatoms. The van der Waals surface area contributed by atoms with Crippen LogP contribution < -0.4 is 4.89 Å². The molecule has 0 spiro atoms. The number of pyridine rings is 1. The molecule has 1 aromatic heterocycles. The van der Waals surface area contributed by atoms with Gasteiger partial charge in [0.05, 0.1) is 0 Å². The average molecular weight is 196 g/mol. The van der Waals surface area contributed by atoms with Crippen LogP contribution in [-0.2, 0) is 9.09 Å². The van der Waals surface area contributed by atoms with Crippen molar-refractivity contribution in [1.29, 1.82) is 5.26 Å². The summed E-state index contributed by atoms with van der Waals surface area (Å²) in [7, 11) is -3.02. The molecule has 0 aliphatic rings. The molecule has 0 saturated carbocycles. The van der Waals surface area contributed by atoms with Crippen LogP contribution in [0, 0.1) is 11.3 Å². The fourth-order valence-electron chi connectivity index (χ4n) is 0.776. The van der Waals surface area contributed by atoms with E-state index in [1.807, 2.05) is 0 Å². The van der Waals surface area contributed by atoms with Crippen molar-refractivity contribution in [1.82, 2.24) is 4.98 Å². The zero-order valence-electron chi connectivity index (χ0n) is 6.45. The number of nitriles is 1. The van der Waals surface area contributed by atoms with E-state index < -0.39 is 14.4 Å². The first kappa shape index (κ1) is 9.75. The largest absolute Gasteiger partial charge is 0.566 e. The van der Waals surface area contributed by atoms with Gasteiger partial charge < -0.3 is 4.89 Å².